The van der Waals surface area contributed by atoms with E-state index in [1.165, 1.54) is 18.4 Å². The van der Waals surface area contributed by atoms with Crippen LogP contribution in [0.5, 0.6) is 0 Å². The Morgan fingerprint density at radius 3 is 2.65 bits per heavy atom. The van der Waals surface area contributed by atoms with Gasteiger partial charge in [-0.2, -0.15) is 0 Å². The molecule has 1 aliphatic heterocycles. The smallest absolute Gasteiger partial charge is 0.339 e. The number of anilines is 2. The van der Waals surface area contributed by atoms with Crippen LogP contribution >= 0.6 is 0 Å². The predicted octanol–water partition coefficient (Wildman–Crippen LogP) is 2.65. The lowest BCUT2D eigenvalue weighted by molar-refractivity contribution is 0.0599. The Morgan fingerprint density at radius 2 is 1.96 bits per heavy atom. The number of ether oxygens (including phenoxy) is 2. The molecule has 1 saturated heterocycles. The Bertz CT molecular complexity index is 773. The van der Waals surface area contributed by atoms with Crippen LogP contribution in [0.1, 0.15) is 21.6 Å². The van der Waals surface area contributed by atoms with Crippen LogP contribution in [-0.2, 0) is 16.0 Å². The average molecular weight is 355 g/mol. The van der Waals surface area contributed by atoms with Crippen molar-refractivity contribution in [3.8, 4) is 0 Å². The van der Waals surface area contributed by atoms with E-state index >= 15 is 0 Å². The molecule has 26 heavy (non-hydrogen) atoms. The van der Waals surface area contributed by atoms with Crippen LogP contribution in [0.15, 0.2) is 36.4 Å². The minimum Gasteiger partial charge on any atom is -0.465 e. The van der Waals surface area contributed by atoms with Crippen molar-refractivity contribution >= 4 is 17.5 Å². The molecule has 0 aliphatic carbocycles. The lowest BCUT2D eigenvalue weighted by Gasteiger charge is -2.31. The molecule has 0 amide bonds. The standard InChI is InChI=1S/C20H25N3O3/c1-15-17(20(24)25-3)8-9-19(21-15)22(2)14-16-6-4-5-7-18(16)23-10-12-26-13-11-23/h4-9H,10-14H2,1-3H3. The van der Waals surface area contributed by atoms with E-state index in [2.05, 4.69) is 39.0 Å². The van der Waals surface area contributed by atoms with Crippen molar-refractivity contribution in [1.29, 1.82) is 0 Å². The second kappa shape index (κ2) is 8.19. The van der Waals surface area contributed by atoms with E-state index in [0.717, 1.165) is 38.7 Å². The molecular weight excluding hydrogens is 330 g/mol. The summed E-state index contributed by atoms with van der Waals surface area (Å²) in [5.74, 6) is 0.466. The lowest BCUT2D eigenvalue weighted by atomic mass is 10.1. The fourth-order valence-corrected chi connectivity index (χ4v) is 3.18. The van der Waals surface area contributed by atoms with E-state index in [-0.39, 0.29) is 5.97 Å². The van der Waals surface area contributed by atoms with Gasteiger partial charge >= 0.3 is 5.97 Å². The number of nitrogens with zero attached hydrogens (tertiary/aromatic N) is 3. The van der Waals surface area contributed by atoms with Crippen molar-refractivity contribution in [2.75, 3.05) is 50.3 Å². The first-order chi connectivity index (χ1) is 12.6. The molecule has 3 rings (SSSR count). The van der Waals surface area contributed by atoms with Gasteiger partial charge in [0.25, 0.3) is 0 Å². The summed E-state index contributed by atoms with van der Waals surface area (Å²) in [5, 5.41) is 0. The van der Waals surface area contributed by atoms with E-state index in [1.54, 1.807) is 6.07 Å². The number of aromatic nitrogens is 1. The number of carbonyl (C=O) groups is 1. The normalized spacial score (nSPS) is 14.2. The summed E-state index contributed by atoms with van der Waals surface area (Å²) in [7, 11) is 3.39. The molecule has 1 fully saturated rings. The summed E-state index contributed by atoms with van der Waals surface area (Å²) in [6.07, 6.45) is 0. The molecule has 1 aromatic heterocycles. The quantitative estimate of drug-likeness (QED) is 0.769. The molecule has 6 heteroatoms. The third kappa shape index (κ3) is 3.96. The number of aryl methyl sites for hydroxylation is 1. The predicted molar refractivity (Wildman–Crippen MR) is 102 cm³/mol. The van der Waals surface area contributed by atoms with Crippen molar-refractivity contribution in [1.82, 2.24) is 4.98 Å². The van der Waals surface area contributed by atoms with Gasteiger partial charge in [-0.3, -0.25) is 0 Å². The molecule has 138 valence electrons. The van der Waals surface area contributed by atoms with E-state index in [9.17, 15) is 4.79 Å². The number of esters is 1. The van der Waals surface area contributed by atoms with Gasteiger partial charge in [-0.05, 0) is 30.7 Å². The molecule has 1 aromatic carbocycles. The first-order valence-electron chi connectivity index (χ1n) is 8.78. The fraction of sp³-hybridized carbons (Fsp3) is 0.400. The zero-order valence-electron chi connectivity index (χ0n) is 15.6. The average Bonchev–Trinajstić information content (AvgIpc) is 2.68. The molecule has 0 saturated carbocycles. The lowest BCUT2D eigenvalue weighted by Crippen LogP contribution is -2.37. The minimum atomic E-state index is -0.359. The van der Waals surface area contributed by atoms with Crippen molar-refractivity contribution in [3.63, 3.8) is 0 Å². The highest BCUT2D eigenvalue weighted by atomic mass is 16.5. The van der Waals surface area contributed by atoms with Gasteiger partial charge in [0.1, 0.15) is 5.82 Å². The van der Waals surface area contributed by atoms with Gasteiger partial charge in [0.15, 0.2) is 0 Å². The van der Waals surface area contributed by atoms with Crippen LogP contribution < -0.4 is 9.80 Å². The molecule has 2 heterocycles. The maximum absolute atomic E-state index is 11.7. The topological polar surface area (TPSA) is 54.9 Å². The third-order valence-corrected chi connectivity index (χ3v) is 4.62. The van der Waals surface area contributed by atoms with Crippen molar-refractivity contribution < 1.29 is 14.3 Å². The molecule has 0 spiro atoms. The zero-order valence-corrected chi connectivity index (χ0v) is 15.6. The maximum Gasteiger partial charge on any atom is 0.339 e. The highest BCUT2D eigenvalue weighted by Crippen LogP contribution is 2.24. The van der Waals surface area contributed by atoms with Crippen molar-refractivity contribution in [2.24, 2.45) is 0 Å². The van der Waals surface area contributed by atoms with Crippen LogP contribution in [0.25, 0.3) is 0 Å². The molecule has 6 nitrogen and oxygen atoms in total. The Labute approximate surface area is 154 Å². The summed E-state index contributed by atoms with van der Waals surface area (Å²) >= 11 is 0. The number of hydrogen-bond acceptors (Lipinski definition) is 6. The number of methoxy groups -OCH3 is 1. The monoisotopic (exact) mass is 355 g/mol. The van der Waals surface area contributed by atoms with Gasteiger partial charge in [0.2, 0.25) is 0 Å². The summed E-state index contributed by atoms with van der Waals surface area (Å²) in [5.41, 5.74) is 3.65. The number of rotatable bonds is 5. The summed E-state index contributed by atoms with van der Waals surface area (Å²) in [4.78, 5) is 20.8. The van der Waals surface area contributed by atoms with Gasteiger partial charge < -0.3 is 19.3 Å². The van der Waals surface area contributed by atoms with Gasteiger partial charge in [-0.15, -0.1) is 0 Å². The fourth-order valence-electron chi connectivity index (χ4n) is 3.18. The zero-order chi connectivity index (χ0) is 18.5. The summed E-state index contributed by atoms with van der Waals surface area (Å²) in [6.45, 7) is 5.90. The SMILES string of the molecule is COC(=O)c1ccc(N(C)Cc2ccccc2N2CCOCC2)nc1C. The number of pyridine rings is 1. The summed E-state index contributed by atoms with van der Waals surface area (Å²) in [6, 6.07) is 12.1. The van der Waals surface area contributed by atoms with Gasteiger partial charge in [0, 0.05) is 32.4 Å². The molecule has 0 unspecified atom stereocenters. The molecular formula is C20H25N3O3. The second-order valence-electron chi connectivity index (χ2n) is 6.38. The molecule has 0 bridgehead atoms. The third-order valence-electron chi connectivity index (χ3n) is 4.62. The number of benzene rings is 1. The highest BCUT2D eigenvalue weighted by Gasteiger charge is 2.17. The Kier molecular flexibility index (Phi) is 5.73. The molecule has 2 aromatic rings. The minimum absolute atomic E-state index is 0.359. The van der Waals surface area contributed by atoms with Crippen molar-refractivity contribution in [3.05, 3.63) is 53.2 Å². The van der Waals surface area contributed by atoms with E-state index in [0.29, 0.717) is 11.3 Å². The van der Waals surface area contributed by atoms with Crippen molar-refractivity contribution in [2.45, 2.75) is 13.5 Å². The maximum atomic E-state index is 11.7. The number of morpholine rings is 1. The van der Waals surface area contributed by atoms with Crippen LogP contribution in [0.3, 0.4) is 0 Å². The Balaban J connectivity index is 1.79. The van der Waals surface area contributed by atoms with E-state index < -0.39 is 0 Å². The largest absolute Gasteiger partial charge is 0.465 e. The van der Waals surface area contributed by atoms with Crippen LogP contribution in [0, 0.1) is 6.92 Å². The van der Waals surface area contributed by atoms with Crippen LogP contribution in [0.4, 0.5) is 11.5 Å². The number of carbonyl (C=O) groups excluding carboxylic acids is 1. The Hall–Kier alpha value is -2.60. The molecule has 0 N–H and O–H groups in total. The van der Waals surface area contributed by atoms with Gasteiger partial charge in [0.05, 0.1) is 31.6 Å². The van der Waals surface area contributed by atoms with E-state index in [4.69, 9.17) is 9.47 Å². The Morgan fingerprint density at radius 1 is 1.23 bits per heavy atom. The number of hydrogen-bond donors (Lipinski definition) is 0. The first-order valence-corrected chi connectivity index (χ1v) is 8.78. The van der Waals surface area contributed by atoms with Gasteiger partial charge in [-0.25, -0.2) is 9.78 Å². The molecule has 0 radical (unpaired) electrons. The van der Waals surface area contributed by atoms with E-state index in [1.807, 2.05) is 20.0 Å². The highest BCUT2D eigenvalue weighted by molar-refractivity contribution is 5.90. The second-order valence-corrected chi connectivity index (χ2v) is 6.38. The summed E-state index contributed by atoms with van der Waals surface area (Å²) < 4.78 is 10.3. The van der Waals surface area contributed by atoms with Crippen LogP contribution in [0.2, 0.25) is 0 Å². The van der Waals surface area contributed by atoms with Gasteiger partial charge in [-0.1, -0.05) is 18.2 Å². The number of para-hydroxylation sites is 1. The molecule has 1 aliphatic rings. The van der Waals surface area contributed by atoms with Crippen LogP contribution in [-0.4, -0.2) is 51.4 Å². The first kappa shape index (κ1) is 18.2. The molecule has 0 atom stereocenters.